The van der Waals surface area contributed by atoms with Gasteiger partial charge in [0.2, 0.25) is 5.91 Å². The van der Waals surface area contributed by atoms with E-state index in [4.69, 9.17) is 0 Å². The Hall–Kier alpha value is -1.62. The normalized spacial score (nSPS) is 20.4. The third kappa shape index (κ3) is 3.04. The fraction of sp³-hybridized carbons (Fsp3) is 0.500. The Balaban J connectivity index is 2.21. The molecule has 19 heavy (non-hydrogen) atoms. The number of nitrogens with one attached hydrogen (secondary N) is 1. The summed E-state index contributed by atoms with van der Waals surface area (Å²) in [4.78, 5) is 12.9. The standard InChI is InChI=1S/C14H19FN2O2/c1-9(18)12-4-3-5-13(15)14(12)17-7-6-11(8-17)16-10(2)19/h3-5,9,11,18H,6-8H2,1-2H3,(H,16,19)/t9-,11?/m0/s1. The zero-order valence-corrected chi connectivity index (χ0v) is 11.2. The van der Waals surface area contributed by atoms with Gasteiger partial charge in [-0.1, -0.05) is 12.1 Å². The minimum absolute atomic E-state index is 0.0407. The molecule has 1 fully saturated rings. The van der Waals surface area contributed by atoms with Gasteiger partial charge in [0.05, 0.1) is 11.8 Å². The Morgan fingerprint density at radius 1 is 1.58 bits per heavy atom. The van der Waals surface area contributed by atoms with E-state index in [1.165, 1.54) is 13.0 Å². The molecule has 0 spiro atoms. The third-order valence-corrected chi connectivity index (χ3v) is 3.38. The molecule has 0 aliphatic carbocycles. The van der Waals surface area contributed by atoms with Gasteiger partial charge in [0.25, 0.3) is 0 Å². The van der Waals surface area contributed by atoms with Crippen LogP contribution < -0.4 is 10.2 Å². The Labute approximate surface area is 112 Å². The summed E-state index contributed by atoms with van der Waals surface area (Å²) in [5.74, 6) is -0.405. The molecule has 0 radical (unpaired) electrons. The number of benzene rings is 1. The van der Waals surface area contributed by atoms with Crippen LogP contribution in [0.4, 0.5) is 10.1 Å². The van der Waals surface area contributed by atoms with E-state index in [1.54, 1.807) is 19.1 Å². The van der Waals surface area contributed by atoms with Crippen molar-refractivity contribution in [3.05, 3.63) is 29.6 Å². The zero-order valence-electron chi connectivity index (χ0n) is 11.2. The second-order valence-corrected chi connectivity index (χ2v) is 4.99. The highest BCUT2D eigenvalue weighted by Gasteiger charge is 2.27. The second kappa shape index (κ2) is 5.57. The first-order valence-electron chi connectivity index (χ1n) is 6.47. The molecule has 1 aromatic carbocycles. The van der Waals surface area contributed by atoms with Crippen molar-refractivity contribution in [2.45, 2.75) is 32.4 Å². The fourth-order valence-electron chi connectivity index (χ4n) is 2.57. The fourth-order valence-corrected chi connectivity index (χ4v) is 2.57. The summed E-state index contributed by atoms with van der Waals surface area (Å²) in [5.41, 5.74) is 1.04. The monoisotopic (exact) mass is 266 g/mol. The van der Waals surface area contributed by atoms with Gasteiger partial charge in [-0.3, -0.25) is 4.79 Å². The summed E-state index contributed by atoms with van der Waals surface area (Å²) < 4.78 is 14.0. The first kappa shape index (κ1) is 13.8. The van der Waals surface area contributed by atoms with Crippen molar-refractivity contribution in [3.8, 4) is 0 Å². The maximum Gasteiger partial charge on any atom is 0.217 e. The molecule has 1 saturated heterocycles. The third-order valence-electron chi connectivity index (χ3n) is 3.38. The number of amides is 1. The van der Waals surface area contributed by atoms with Gasteiger partial charge in [-0.2, -0.15) is 0 Å². The molecule has 1 aliphatic heterocycles. The van der Waals surface area contributed by atoms with E-state index in [-0.39, 0.29) is 17.8 Å². The SMILES string of the molecule is CC(=O)NC1CCN(c2c(F)cccc2[C@H](C)O)C1. The van der Waals surface area contributed by atoms with Gasteiger partial charge >= 0.3 is 0 Å². The Bertz CT molecular complexity index is 477. The van der Waals surface area contributed by atoms with Crippen LogP contribution in [0.15, 0.2) is 18.2 Å². The van der Waals surface area contributed by atoms with Crippen LogP contribution in [0.3, 0.4) is 0 Å². The van der Waals surface area contributed by atoms with Gasteiger partial charge in [0, 0.05) is 31.6 Å². The number of carbonyl (C=O) groups excluding carboxylic acids is 1. The van der Waals surface area contributed by atoms with Gasteiger partial charge in [-0.05, 0) is 19.4 Å². The molecular formula is C14H19FN2O2. The average molecular weight is 266 g/mol. The average Bonchev–Trinajstić information content (AvgIpc) is 2.75. The van der Waals surface area contributed by atoms with E-state index < -0.39 is 6.10 Å². The number of hydrogen-bond acceptors (Lipinski definition) is 3. The molecular weight excluding hydrogens is 247 g/mol. The number of aliphatic hydroxyl groups excluding tert-OH is 1. The van der Waals surface area contributed by atoms with E-state index in [0.717, 1.165) is 6.42 Å². The van der Waals surface area contributed by atoms with Gasteiger partial charge in [-0.25, -0.2) is 4.39 Å². The molecule has 1 aliphatic rings. The summed E-state index contributed by atoms with van der Waals surface area (Å²) in [6.45, 7) is 4.35. The number of nitrogens with zero attached hydrogens (tertiary/aromatic N) is 1. The van der Waals surface area contributed by atoms with Crippen molar-refractivity contribution >= 4 is 11.6 Å². The number of para-hydroxylation sites is 1. The summed E-state index contributed by atoms with van der Waals surface area (Å²) >= 11 is 0. The molecule has 0 saturated carbocycles. The highest BCUT2D eigenvalue weighted by Crippen LogP contribution is 2.31. The Kier molecular flexibility index (Phi) is 4.04. The molecule has 1 heterocycles. The Morgan fingerprint density at radius 2 is 2.32 bits per heavy atom. The molecule has 4 nitrogen and oxygen atoms in total. The van der Waals surface area contributed by atoms with Gasteiger partial charge in [0.15, 0.2) is 0 Å². The lowest BCUT2D eigenvalue weighted by Gasteiger charge is -2.24. The smallest absolute Gasteiger partial charge is 0.217 e. The van der Waals surface area contributed by atoms with Gasteiger partial charge < -0.3 is 15.3 Å². The summed E-state index contributed by atoms with van der Waals surface area (Å²) in [5, 5.41) is 12.6. The number of carbonyl (C=O) groups is 1. The molecule has 0 bridgehead atoms. The lowest BCUT2D eigenvalue weighted by atomic mass is 10.1. The van der Waals surface area contributed by atoms with Crippen LogP contribution in [0.5, 0.6) is 0 Å². The summed E-state index contributed by atoms with van der Waals surface area (Å²) in [6.07, 6.45) is 0.0678. The topological polar surface area (TPSA) is 52.6 Å². The predicted octanol–water partition coefficient (Wildman–Crippen LogP) is 1.59. The number of halogens is 1. The van der Waals surface area contributed by atoms with Gasteiger partial charge in [0.1, 0.15) is 5.82 Å². The highest BCUT2D eigenvalue weighted by atomic mass is 19.1. The van der Waals surface area contributed by atoms with Crippen molar-refractivity contribution < 1.29 is 14.3 Å². The minimum Gasteiger partial charge on any atom is -0.389 e. The van der Waals surface area contributed by atoms with Crippen molar-refractivity contribution in [1.82, 2.24) is 5.32 Å². The molecule has 1 aromatic rings. The lowest BCUT2D eigenvalue weighted by molar-refractivity contribution is -0.119. The van der Waals surface area contributed by atoms with Crippen LogP contribution in [0, 0.1) is 5.82 Å². The number of aliphatic hydroxyl groups is 1. The Morgan fingerprint density at radius 3 is 2.95 bits per heavy atom. The zero-order chi connectivity index (χ0) is 14.0. The van der Waals surface area contributed by atoms with E-state index in [0.29, 0.717) is 24.3 Å². The quantitative estimate of drug-likeness (QED) is 0.873. The molecule has 0 aromatic heterocycles. The molecule has 1 unspecified atom stereocenters. The summed E-state index contributed by atoms with van der Waals surface area (Å²) in [7, 11) is 0. The number of hydrogen-bond donors (Lipinski definition) is 2. The maximum atomic E-state index is 14.0. The predicted molar refractivity (Wildman–Crippen MR) is 71.5 cm³/mol. The van der Waals surface area contributed by atoms with Crippen molar-refractivity contribution in [1.29, 1.82) is 0 Å². The van der Waals surface area contributed by atoms with Crippen LogP contribution in [-0.2, 0) is 4.79 Å². The van der Waals surface area contributed by atoms with Crippen LogP contribution in [-0.4, -0.2) is 30.1 Å². The number of rotatable bonds is 3. The first-order chi connectivity index (χ1) is 8.99. The van der Waals surface area contributed by atoms with Crippen LogP contribution in [0.2, 0.25) is 0 Å². The van der Waals surface area contributed by atoms with Crippen molar-refractivity contribution in [3.63, 3.8) is 0 Å². The molecule has 1 amide bonds. The highest BCUT2D eigenvalue weighted by molar-refractivity contribution is 5.73. The van der Waals surface area contributed by atoms with Crippen LogP contribution >= 0.6 is 0 Å². The van der Waals surface area contributed by atoms with Crippen LogP contribution in [0.25, 0.3) is 0 Å². The molecule has 2 N–H and O–H groups in total. The maximum absolute atomic E-state index is 14.0. The number of anilines is 1. The largest absolute Gasteiger partial charge is 0.389 e. The lowest BCUT2D eigenvalue weighted by Crippen LogP contribution is -2.36. The molecule has 2 rings (SSSR count). The van der Waals surface area contributed by atoms with E-state index >= 15 is 0 Å². The van der Waals surface area contributed by atoms with Crippen molar-refractivity contribution in [2.75, 3.05) is 18.0 Å². The molecule has 104 valence electrons. The molecule has 5 heteroatoms. The summed E-state index contributed by atoms with van der Waals surface area (Å²) in [6, 6.07) is 4.77. The van der Waals surface area contributed by atoms with Gasteiger partial charge in [-0.15, -0.1) is 0 Å². The van der Waals surface area contributed by atoms with E-state index in [2.05, 4.69) is 5.32 Å². The van der Waals surface area contributed by atoms with E-state index in [9.17, 15) is 14.3 Å². The first-order valence-corrected chi connectivity index (χ1v) is 6.47. The second-order valence-electron chi connectivity index (χ2n) is 4.99. The molecule has 2 atom stereocenters. The van der Waals surface area contributed by atoms with Crippen LogP contribution in [0.1, 0.15) is 31.9 Å². The minimum atomic E-state index is -0.717. The van der Waals surface area contributed by atoms with E-state index in [1.807, 2.05) is 4.90 Å². The van der Waals surface area contributed by atoms with Crippen molar-refractivity contribution in [2.24, 2.45) is 0 Å².